The Labute approximate surface area is 133 Å². The predicted octanol–water partition coefficient (Wildman–Crippen LogP) is 2.60. The molecule has 0 unspecified atom stereocenters. The van der Waals surface area contributed by atoms with Crippen molar-refractivity contribution >= 4 is 5.96 Å². The van der Waals surface area contributed by atoms with Crippen molar-refractivity contribution in [3.8, 4) is 11.5 Å². The molecule has 1 saturated heterocycles. The molecule has 1 aromatic carbocycles. The molecule has 1 aliphatic heterocycles. The summed E-state index contributed by atoms with van der Waals surface area (Å²) in [6.45, 7) is 7.74. The van der Waals surface area contributed by atoms with Crippen LogP contribution in [0.3, 0.4) is 0 Å². The first-order valence-electron chi connectivity index (χ1n) is 8.03. The van der Waals surface area contributed by atoms with Crippen LogP contribution in [0.15, 0.2) is 23.2 Å². The fourth-order valence-electron chi connectivity index (χ4n) is 2.67. The summed E-state index contributed by atoms with van der Waals surface area (Å²) >= 11 is 0. The van der Waals surface area contributed by atoms with Crippen LogP contribution in [0.2, 0.25) is 0 Å². The molecule has 0 atom stereocenters. The van der Waals surface area contributed by atoms with E-state index < -0.39 is 0 Å². The van der Waals surface area contributed by atoms with Crippen molar-refractivity contribution < 1.29 is 9.84 Å². The monoisotopic (exact) mass is 305 g/mol. The minimum atomic E-state index is 0.178. The van der Waals surface area contributed by atoms with Crippen LogP contribution in [0.25, 0.3) is 0 Å². The van der Waals surface area contributed by atoms with Crippen LogP contribution in [-0.2, 0) is 6.54 Å². The topological polar surface area (TPSA) is 57.1 Å². The summed E-state index contributed by atoms with van der Waals surface area (Å²) in [6.07, 6.45) is 2.41. The van der Waals surface area contributed by atoms with E-state index in [0.717, 1.165) is 37.1 Å². The average molecular weight is 305 g/mol. The number of aromatic hydroxyl groups is 1. The summed E-state index contributed by atoms with van der Waals surface area (Å²) in [5.41, 5.74) is 0.778. The van der Waals surface area contributed by atoms with Crippen LogP contribution in [0, 0.1) is 5.92 Å². The van der Waals surface area contributed by atoms with E-state index in [1.54, 1.807) is 13.2 Å². The average Bonchev–Trinajstić information content (AvgIpc) is 2.53. The number of nitrogens with zero attached hydrogens (tertiary/aromatic N) is 2. The normalized spacial score (nSPS) is 16.7. The number of piperidine rings is 1. The third-order valence-corrected chi connectivity index (χ3v) is 4.12. The van der Waals surface area contributed by atoms with Crippen LogP contribution in [-0.4, -0.2) is 42.7 Å². The highest BCUT2D eigenvalue weighted by molar-refractivity contribution is 5.80. The quantitative estimate of drug-likeness (QED) is 0.663. The second-order valence-corrected chi connectivity index (χ2v) is 5.81. The molecule has 1 aliphatic rings. The van der Waals surface area contributed by atoms with Gasteiger partial charge in [0.1, 0.15) is 0 Å². The lowest BCUT2D eigenvalue weighted by molar-refractivity contribution is 0.273. The molecule has 5 nitrogen and oxygen atoms in total. The number of nitrogens with one attached hydrogen (secondary N) is 1. The van der Waals surface area contributed by atoms with Crippen LogP contribution >= 0.6 is 0 Å². The number of phenolic OH excluding ortho intramolecular Hbond substituents is 1. The van der Waals surface area contributed by atoms with Crippen molar-refractivity contribution in [1.29, 1.82) is 0 Å². The summed E-state index contributed by atoms with van der Waals surface area (Å²) in [5, 5.41) is 13.5. The molecule has 1 aromatic rings. The maximum atomic E-state index is 10.1. The largest absolute Gasteiger partial charge is 0.504 e. The molecule has 0 saturated carbocycles. The van der Waals surface area contributed by atoms with Crippen molar-refractivity contribution in [3.05, 3.63) is 23.8 Å². The Morgan fingerprint density at radius 2 is 2.14 bits per heavy atom. The molecule has 122 valence electrons. The van der Waals surface area contributed by atoms with Gasteiger partial charge < -0.3 is 20.1 Å². The molecule has 0 radical (unpaired) electrons. The van der Waals surface area contributed by atoms with E-state index in [4.69, 9.17) is 4.74 Å². The van der Waals surface area contributed by atoms with E-state index >= 15 is 0 Å². The van der Waals surface area contributed by atoms with Gasteiger partial charge in [0.2, 0.25) is 0 Å². The summed E-state index contributed by atoms with van der Waals surface area (Å²) < 4.78 is 5.14. The second-order valence-electron chi connectivity index (χ2n) is 5.81. The van der Waals surface area contributed by atoms with Gasteiger partial charge in [-0.2, -0.15) is 0 Å². The highest BCUT2D eigenvalue weighted by atomic mass is 16.5. The van der Waals surface area contributed by atoms with Crippen LogP contribution < -0.4 is 10.1 Å². The van der Waals surface area contributed by atoms with Gasteiger partial charge in [0.25, 0.3) is 0 Å². The standard InChI is InChI=1S/C17H27N3O2/c1-4-18-17(20-10-8-13(2)9-11-20)19-12-14-6-5-7-15(22-3)16(14)21/h5-7,13,21H,4,8-12H2,1-3H3,(H,18,19). The first-order valence-corrected chi connectivity index (χ1v) is 8.03. The highest BCUT2D eigenvalue weighted by Crippen LogP contribution is 2.29. The molecule has 0 aliphatic carbocycles. The number of hydrogen-bond donors (Lipinski definition) is 2. The number of methoxy groups -OCH3 is 1. The number of hydrogen-bond acceptors (Lipinski definition) is 3. The minimum Gasteiger partial charge on any atom is -0.504 e. The van der Waals surface area contributed by atoms with E-state index in [0.29, 0.717) is 12.3 Å². The maximum absolute atomic E-state index is 10.1. The number of aliphatic imine (C=N–C) groups is 1. The van der Waals surface area contributed by atoms with Crippen molar-refractivity contribution in [2.24, 2.45) is 10.9 Å². The molecular weight excluding hydrogens is 278 g/mol. The Morgan fingerprint density at radius 1 is 1.41 bits per heavy atom. The molecule has 2 N–H and O–H groups in total. The van der Waals surface area contributed by atoms with Crippen LogP contribution in [0.1, 0.15) is 32.3 Å². The number of phenols is 1. The van der Waals surface area contributed by atoms with Crippen molar-refractivity contribution in [2.45, 2.75) is 33.2 Å². The SMILES string of the molecule is CCNC(=NCc1cccc(OC)c1O)N1CCC(C)CC1. The minimum absolute atomic E-state index is 0.178. The van der Waals surface area contributed by atoms with Gasteiger partial charge in [-0.3, -0.25) is 0 Å². The zero-order valence-electron chi connectivity index (χ0n) is 13.8. The summed E-state index contributed by atoms with van der Waals surface area (Å²) in [4.78, 5) is 6.99. The van der Waals surface area contributed by atoms with Crippen LogP contribution in [0.5, 0.6) is 11.5 Å². The van der Waals surface area contributed by atoms with Gasteiger partial charge >= 0.3 is 0 Å². The predicted molar refractivity (Wildman–Crippen MR) is 89.4 cm³/mol. The van der Waals surface area contributed by atoms with Gasteiger partial charge in [0, 0.05) is 25.2 Å². The maximum Gasteiger partial charge on any atom is 0.194 e. The molecule has 1 heterocycles. The lowest BCUT2D eigenvalue weighted by Gasteiger charge is -2.33. The lowest BCUT2D eigenvalue weighted by Crippen LogP contribution is -2.45. The summed E-state index contributed by atoms with van der Waals surface area (Å²) in [6, 6.07) is 5.50. The lowest BCUT2D eigenvalue weighted by atomic mass is 10.00. The number of guanidine groups is 1. The molecule has 0 aromatic heterocycles. The van der Waals surface area contributed by atoms with Crippen LogP contribution in [0.4, 0.5) is 0 Å². The number of rotatable bonds is 4. The Hall–Kier alpha value is -1.91. The molecule has 22 heavy (non-hydrogen) atoms. The Morgan fingerprint density at radius 3 is 2.77 bits per heavy atom. The van der Waals surface area contributed by atoms with Crippen molar-refractivity contribution in [2.75, 3.05) is 26.7 Å². The molecule has 0 amide bonds. The highest BCUT2D eigenvalue weighted by Gasteiger charge is 2.18. The first-order chi connectivity index (χ1) is 10.7. The van der Waals surface area contributed by atoms with E-state index in [2.05, 4.69) is 29.1 Å². The molecule has 1 fully saturated rings. The van der Waals surface area contributed by atoms with Crippen molar-refractivity contribution in [1.82, 2.24) is 10.2 Å². The molecule has 5 heteroatoms. The van der Waals surface area contributed by atoms with E-state index in [9.17, 15) is 5.11 Å². The number of para-hydroxylation sites is 1. The zero-order chi connectivity index (χ0) is 15.9. The van der Waals surface area contributed by atoms with E-state index in [-0.39, 0.29) is 5.75 Å². The molecule has 0 spiro atoms. The second kappa shape index (κ2) is 7.92. The molecule has 2 rings (SSSR count). The number of likely N-dealkylation sites (tertiary alicyclic amines) is 1. The van der Waals surface area contributed by atoms with Gasteiger partial charge in [0.05, 0.1) is 13.7 Å². The fraction of sp³-hybridized carbons (Fsp3) is 0.588. The summed E-state index contributed by atoms with van der Waals surface area (Å²) in [7, 11) is 1.56. The summed E-state index contributed by atoms with van der Waals surface area (Å²) in [5.74, 6) is 2.39. The number of benzene rings is 1. The van der Waals surface area contributed by atoms with Crippen molar-refractivity contribution in [3.63, 3.8) is 0 Å². The van der Waals surface area contributed by atoms with E-state index in [1.807, 2.05) is 12.1 Å². The fourth-order valence-corrected chi connectivity index (χ4v) is 2.67. The molecular formula is C17H27N3O2. The molecule has 0 bridgehead atoms. The first kappa shape index (κ1) is 16.5. The van der Waals surface area contributed by atoms with Gasteiger partial charge in [-0.05, 0) is 31.7 Å². The third kappa shape index (κ3) is 4.06. The van der Waals surface area contributed by atoms with Gasteiger partial charge in [-0.25, -0.2) is 4.99 Å². The Balaban J connectivity index is 2.10. The van der Waals surface area contributed by atoms with Gasteiger partial charge in [0.15, 0.2) is 17.5 Å². The van der Waals surface area contributed by atoms with Gasteiger partial charge in [-0.15, -0.1) is 0 Å². The smallest absolute Gasteiger partial charge is 0.194 e. The Kier molecular flexibility index (Phi) is 5.92. The third-order valence-electron chi connectivity index (χ3n) is 4.12. The zero-order valence-corrected chi connectivity index (χ0v) is 13.8. The van der Waals surface area contributed by atoms with E-state index in [1.165, 1.54) is 12.8 Å². The Bertz CT molecular complexity index is 509. The van der Waals surface area contributed by atoms with Gasteiger partial charge in [-0.1, -0.05) is 19.1 Å². The number of ether oxygens (including phenoxy) is 1.